The molecule has 22 heavy (non-hydrogen) atoms. The minimum Gasteiger partial charge on any atom is -0.509 e. The highest BCUT2D eigenvalue weighted by atomic mass is 16.3. The molecule has 0 bridgehead atoms. The lowest BCUT2D eigenvalue weighted by atomic mass is 10.2. The maximum atomic E-state index is 12.2. The largest absolute Gasteiger partial charge is 0.509 e. The van der Waals surface area contributed by atoms with Crippen molar-refractivity contribution in [2.45, 2.75) is 65.2 Å². The second-order valence-corrected chi connectivity index (χ2v) is 5.93. The summed E-state index contributed by atoms with van der Waals surface area (Å²) in [6.45, 7) is 5.60. The molecule has 1 heterocycles. The van der Waals surface area contributed by atoms with Crippen molar-refractivity contribution in [3.05, 3.63) is 11.3 Å². The summed E-state index contributed by atoms with van der Waals surface area (Å²) in [4.78, 5) is 25.8. The van der Waals surface area contributed by atoms with E-state index in [9.17, 15) is 14.7 Å². The van der Waals surface area contributed by atoms with Crippen molar-refractivity contribution in [1.82, 2.24) is 10.2 Å². The van der Waals surface area contributed by atoms with Crippen LogP contribution in [-0.2, 0) is 9.59 Å². The maximum absolute atomic E-state index is 12.2. The maximum Gasteiger partial charge on any atom is 0.263 e. The summed E-state index contributed by atoms with van der Waals surface area (Å²) < 4.78 is 0. The lowest BCUT2D eigenvalue weighted by molar-refractivity contribution is -0.128. The molecule has 2 N–H and O–H groups in total. The topological polar surface area (TPSA) is 69.6 Å². The van der Waals surface area contributed by atoms with Crippen LogP contribution in [0.25, 0.3) is 0 Å². The summed E-state index contributed by atoms with van der Waals surface area (Å²) >= 11 is 0. The molecule has 5 heteroatoms. The fraction of sp³-hybridized carbons (Fsp3) is 0.765. The first-order chi connectivity index (χ1) is 10.6. The normalized spacial score (nSPS) is 14.8. The first-order valence-electron chi connectivity index (χ1n) is 8.61. The van der Waals surface area contributed by atoms with Crippen LogP contribution in [0.15, 0.2) is 11.3 Å². The first kappa shape index (κ1) is 18.5. The standard InChI is InChI=1S/C17H30N2O3/c1-3-5-7-9-11-18-16(21)15-14(20)13-19(17(15)22)12-10-8-6-4-2/h20H,3-13H2,1-2H3,(H,18,21). The molecular formula is C17H30N2O3. The van der Waals surface area contributed by atoms with Crippen molar-refractivity contribution >= 4 is 11.8 Å². The van der Waals surface area contributed by atoms with Gasteiger partial charge in [0.05, 0.1) is 6.54 Å². The van der Waals surface area contributed by atoms with Gasteiger partial charge in [-0.25, -0.2) is 0 Å². The minimum absolute atomic E-state index is 0.0639. The zero-order valence-electron chi connectivity index (χ0n) is 14.0. The van der Waals surface area contributed by atoms with Crippen LogP contribution in [0.5, 0.6) is 0 Å². The van der Waals surface area contributed by atoms with Crippen LogP contribution in [-0.4, -0.2) is 41.5 Å². The van der Waals surface area contributed by atoms with E-state index in [1.54, 1.807) is 4.90 Å². The van der Waals surface area contributed by atoms with E-state index in [1.807, 2.05) is 0 Å². The number of aliphatic hydroxyl groups is 1. The van der Waals surface area contributed by atoms with Crippen LogP contribution in [0.1, 0.15) is 65.2 Å². The quantitative estimate of drug-likeness (QED) is 0.455. The van der Waals surface area contributed by atoms with Gasteiger partial charge in [-0.2, -0.15) is 0 Å². The Balaban J connectivity index is 2.37. The molecule has 0 aromatic heterocycles. The van der Waals surface area contributed by atoms with Crippen LogP contribution in [0.3, 0.4) is 0 Å². The Labute approximate surface area is 133 Å². The van der Waals surface area contributed by atoms with E-state index in [-0.39, 0.29) is 23.8 Å². The zero-order chi connectivity index (χ0) is 16.4. The van der Waals surface area contributed by atoms with Crippen LogP contribution in [0.4, 0.5) is 0 Å². The predicted molar refractivity (Wildman–Crippen MR) is 87.5 cm³/mol. The Bertz CT molecular complexity index is 405. The predicted octanol–water partition coefficient (Wildman–Crippen LogP) is 2.92. The molecule has 0 radical (unpaired) electrons. The number of aliphatic hydroxyl groups excluding tert-OH is 1. The second kappa shape index (κ2) is 10.2. The fourth-order valence-electron chi connectivity index (χ4n) is 2.59. The van der Waals surface area contributed by atoms with Gasteiger partial charge >= 0.3 is 0 Å². The third kappa shape index (κ3) is 5.70. The molecule has 0 aliphatic carbocycles. The van der Waals surface area contributed by atoms with Gasteiger partial charge in [-0.05, 0) is 12.8 Å². The van der Waals surface area contributed by atoms with Gasteiger partial charge in [-0.15, -0.1) is 0 Å². The van der Waals surface area contributed by atoms with Gasteiger partial charge in [0.1, 0.15) is 11.3 Å². The summed E-state index contributed by atoms with van der Waals surface area (Å²) in [6, 6.07) is 0. The van der Waals surface area contributed by atoms with Crippen LogP contribution in [0, 0.1) is 0 Å². The lowest BCUT2D eigenvalue weighted by Crippen LogP contribution is -2.34. The molecule has 0 fully saturated rings. The van der Waals surface area contributed by atoms with Crippen molar-refractivity contribution in [1.29, 1.82) is 0 Å². The Hall–Kier alpha value is -1.52. The molecule has 126 valence electrons. The average molecular weight is 310 g/mol. The SMILES string of the molecule is CCCCCCNC(=O)C1=C(O)CN(CCCCCC)C1=O. The smallest absolute Gasteiger partial charge is 0.263 e. The number of nitrogens with one attached hydrogen (secondary N) is 1. The van der Waals surface area contributed by atoms with Gasteiger partial charge in [-0.1, -0.05) is 52.4 Å². The van der Waals surface area contributed by atoms with Gasteiger partial charge in [0.2, 0.25) is 0 Å². The summed E-state index contributed by atoms with van der Waals surface area (Å²) in [5, 5.41) is 12.6. The number of unbranched alkanes of at least 4 members (excludes halogenated alkanes) is 6. The summed E-state index contributed by atoms with van der Waals surface area (Å²) in [7, 11) is 0. The van der Waals surface area contributed by atoms with Crippen molar-refractivity contribution in [2.24, 2.45) is 0 Å². The van der Waals surface area contributed by atoms with Crippen molar-refractivity contribution < 1.29 is 14.7 Å². The molecule has 0 unspecified atom stereocenters. The zero-order valence-corrected chi connectivity index (χ0v) is 14.0. The van der Waals surface area contributed by atoms with Gasteiger partial charge < -0.3 is 15.3 Å². The monoisotopic (exact) mass is 310 g/mol. The highest BCUT2D eigenvalue weighted by Crippen LogP contribution is 2.18. The van der Waals surface area contributed by atoms with E-state index in [0.717, 1.165) is 51.4 Å². The number of amides is 2. The van der Waals surface area contributed by atoms with E-state index in [4.69, 9.17) is 0 Å². The number of rotatable bonds is 11. The molecule has 0 aromatic carbocycles. The van der Waals surface area contributed by atoms with Crippen molar-refractivity contribution in [3.8, 4) is 0 Å². The Morgan fingerprint density at radius 3 is 2.36 bits per heavy atom. The Kier molecular flexibility index (Phi) is 8.63. The van der Waals surface area contributed by atoms with Crippen molar-refractivity contribution in [3.63, 3.8) is 0 Å². The summed E-state index contributed by atoms with van der Waals surface area (Å²) in [5.41, 5.74) is -0.0639. The number of carbonyl (C=O) groups is 2. The Morgan fingerprint density at radius 2 is 1.73 bits per heavy atom. The summed E-state index contributed by atoms with van der Waals surface area (Å²) in [5.74, 6) is -0.860. The highest BCUT2D eigenvalue weighted by molar-refractivity contribution is 6.20. The third-order valence-corrected chi connectivity index (χ3v) is 3.95. The fourth-order valence-corrected chi connectivity index (χ4v) is 2.59. The van der Waals surface area contributed by atoms with E-state index >= 15 is 0 Å². The second-order valence-electron chi connectivity index (χ2n) is 5.93. The molecule has 1 aliphatic rings. The molecule has 1 aliphatic heterocycles. The highest BCUT2D eigenvalue weighted by Gasteiger charge is 2.34. The molecule has 0 spiro atoms. The molecule has 2 amide bonds. The lowest BCUT2D eigenvalue weighted by Gasteiger charge is -2.15. The molecule has 1 rings (SSSR count). The number of hydrogen-bond donors (Lipinski definition) is 2. The molecule has 0 aromatic rings. The van der Waals surface area contributed by atoms with Crippen LogP contribution < -0.4 is 5.32 Å². The van der Waals surface area contributed by atoms with Crippen LogP contribution >= 0.6 is 0 Å². The third-order valence-electron chi connectivity index (χ3n) is 3.95. The average Bonchev–Trinajstić information content (AvgIpc) is 2.78. The molecule has 0 atom stereocenters. The van der Waals surface area contributed by atoms with E-state index in [1.165, 1.54) is 0 Å². The first-order valence-corrected chi connectivity index (χ1v) is 8.61. The van der Waals surface area contributed by atoms with Gasteiger partial charge in [0, 0.05) is 13.1 Å². The Morgan fingerprint density at radius 1 is 1.09 bits per heavy atom. The molecular weight excluding hydrogens is 280 g/mol. The van der Waals surface area contributed by atoms with Gasteiger partial charge in [0.15, 0.2) is 0 Å². The van der Waals surface area contributed by atoms with E-state index in [2.05, 4.69) is 19.2 Å². The van der Waals surface area contributed by atoms with E-state index < -0.39 is 5.91 Å². The number of hydrogen-bond acceptors (Lipinski definition) is 3. The summed E-state index contributed by atoms with van der Waals surface area (Å²) in [6.07, 6.45) is 8.54. The molecule has 0 saturated heterocycles. The number of nitrogens with zero attached hydrogens (tertiary/aromatic N) is 1. The molecule has 5 nitrogen and oxygen atoms in total. The van der Waals surface area contributed by atoms with Crippen LogP contribution in [0.2, 0.25) is 0 Å². The van der Waals surface area contributed by atoms with Crippen molar-refractivity contribution in [2.75, 3.05) is 19.6 Å². The number of carbonyl (C=O) groups excluding carboxylic acids is 2. The molecule has 0 saturated carbocycles. The van der Waals surface area contributed by atoms with E-state index in [0.29, 0.717) is 13.1 Å². The minimum atomic E-state index is -0.435. The van der Waals surface area contributed by atoms with Gasteiger partial charge in [-0.3, -0.25) is 9.59 Å². The van der Waals surface area contributed by atoms with Gasteiger partial charge in [0.25, 0.3) is 11.8 Å².